The second-order valence-corrected chi connectivity index (χ2v) is 3.79. The SMILES string of the molecule is O=c1[nH]c(O)c(C=NCc2ccco2)s1. The van der Waals surface area contributed by atoms with E-state index in [1.165, 1.54) is 6.21 Å². The van der Waals surface area contributed by atoms with Gasteiger partial charge >= 0.3 is 4.87 Å². The Morgan fingerprint density at radius 2 is 2.53 bits per heavy atom. The number of aliphatic imine (C=N–C) groups is 1. The van der Waals surface area contributed by atoms with Gasteiger partial charge in [-0.25, -0.2) is 0 Å². The van der Waals surface area contributed by atoms with E-state index in [0.29, 0.717) is 11.4 Å². The van der Waals surface area contributed by atoms with Crippen LogP contribution in [-0.4, -0.2) is 16.3 Å². The van der Waals surface area contributed by atoms with E-state index in [9.17, 15) is 9.90 Å². The largest absolute Gasteiger partial charge is 0.493 e. The van der Waals surface area contributed by atoms with E-state index in [0.717, 1.165) is 17.1 Å². The Bertz CT molecular complexity index is 510. The quantitative estimate of drug-likeness (QED) is 0.772. The van der Waals surface area contributed by atoms with Gasteiger partial charge in [0.15, 0.2) is 0 Å². The monoisotopic (exact) mass is 224 g/mol. The number of thiazole rings is 1. The number of aromatic amines is 1. The van der Waals surface area contributed by atoms with E-state index in [4.69, 9.17) is 4.42 Å². The average molecular weight is 224 g/mol. The van der Waals surface area contributed by atoms with Crippen LogP contribution in [0.25, 0.3) is 0 Å². The van der Waals surface area contributed by atoms with Crippen molar-refractivity contribution in [1.29, 1.82) is 0 Å². The first kappa shape index (κ1) is 9.72. The molecule has 0 aliphatic heterocycles. The first-order chi connectivity index (χ1) is 7.25. The van der Waals surface area contributed by atoms with Crippen molar-refractivity contribution in [2.45, 2.75) is 6.54 Å². The van der Waals surface area contributed by atoms with Gasteiger partial charge in [-0.05, 0) is 12.1 Å². The minimum atomic E-state index is -0.299. The van der Waals surface area contributed by atoms with E-state index in [1.807, 2.05) is 0 Å². The van der Waals surface area contributed by atoms with Crippen LogP contribution in [0.3, 0.4) is 0 Å². The summed E-state index contributed by atoms with van der Waals surface area (Å²) >= 11 is 0.911. The van der Waals surface area contributed by atoms with Gasteiger partial charge in [-0.3, -0.25) is 14.8 Å². The third-order valence-electron chi connectivity index (χ3n) is 1.69. The predicted octanol–water partition coefficient (Wildman–Crippen LogP) is 1.35. The summed E-state index contributed by atoms with van der Waals surface area (Å²) in [6.45, 7) is 0.387. The number of nitrogens with zero attached hydrogens (tertiary/aromatic N) is 1. The lowest BCUT2D eigenvalue weighted by molar-refractivity contribution is 0.455. The van der Waals surface area contributed by atoms with Gasteiger partial charge in [-0.2, -0.15) is 0 Å². The van der Waals surface area contributed by atoms with Gasteiger partial charge < -0.3 is 9.52 Å². The second kappa shape index (κ2) is 4.14. The number of aromatic nitrogens is 1. The molecule has 2 aromatic heterocycles. The maximum absolute atomic E-state index is 10.8. The summed E-state index contributed by atoms with van der Waals surface area (Å²) < 4.78 is 5.06. The molecule has 0 spiro atoms. The Labute approximate surface area is 88.7 Å². The van der Waals surface area contributed by atoms with Crippen LogP contribution < -0.4 is 4.87 Å². The molecule has 2 heterocycles. The van der Waals surface area contributed by atoms with Crippen LogP contribution in [0.15, 0.2) is 32.6 Å². The van der Waals surface area contributed by atoms with Crippen molar-refractivity contribution in [2.24, 2.45) is 4.99 Å². The van der Waals surface area contributed by atoms with Crippen LogP contribution in [0.1, 0.15) is 10.6 Å². The zero-order chi connectivity index (χ0) is 10.7. The number of rotatable bonds is 3. The van der Waals surface area contributed by atoms with Crippen molar-refractivity contribution in [1.82, 2.24) is 4.98 Å². The van der Waals surface area contributed by atoms with Crippen molar-refractivity contribution in [3.63, 3.8) is 0 Å². The van der Waals surface area contributed by atoms with Crippen molar-refractivity contribution in [3.8, 4) is 5.88 Å². The fourth-order valence-corrected chi connectivity index (χ4v) is 1.66. The number of aromatic hydroxyl groups is 1. The molecule has 0 amide bonds. The summed E-state index contributed by atoms with van der Waals surface area (Å²) in [4.78, 5) is 17.2. The fourth-order valence-electron chi connectivity index (χ4n) is 1.04. The van der Waals surface area contributed by atoms with Crippen LogP contribution in [0.2, 0.25) is 0 Å². The molecule has 6 heteroatoms. The summed E-state index contributed by atoms with van der Waals surface area (Å²) in [6.07, 6.45) is 3.01. The highest BCUT2D eigenvalue weighted by atomic mass is 32.1. The lowest BCUT2D eigenvalue weighted by atomic mass is 10.4. The molecular formula is C9H8N2O3S. The Kier molecular flexibility index (Phi) is 2.68. The third kappa shape index (κ3) is 2.35. The molecule has 0 aliphatic carbocycles. The van der Waals surface area contributed by atoms with Gasteiger partial charge in [0.25, 0.3) is 0 Å². The lowest BCUT2D eigenvalue weighted by Crippen LogP contribution is -1.89. The summed E-state index contributed by atoms with van der Waals surface area (Å²) in [7, 11) is 0. The maximum atomic E-state index is 10.8. The standard InChI is InChI=1S/C9H8N2O3S/c12-8-7(15-9(13)11-8)5-10-4-6-2-1-3-14-6/h1-3,5,12H,4H2,(H,11,13). The van der Waals surface area contributed by atoms with Gasteiger partial charge in [0.2, 0.25) is 5.88 Å². The average Bonchev–Trinajstić information content (AvgIpc) is 2.77. The first-order valence-electron chi connectivity index (χ1n) is 4.20. The molecule has 0 radical (unpaired) electrons. The Morgan fingerprint density at radius 1 is 1.67 bits per heavy atom. The van der Waals surface area contributed by atoms with Gasteiger partial charge in [0.1, 0.15) is 10.6 Å². The molecule has 78 valence electrons. The van der Waals surface area contributed by atoms with Gasteiger partial charge in [-0.1, -0.05) is 11.3 Å². The van der Waals surface area contributed by atoms with E-state index in [1.54, 1.807) is 18.4 Å². The lowest BCUT2D eigenvalue weighted by Gasteiger charge is -1.88. The maximum Gasteiger partial charge on any atom is 0.307 e. The molecule has 0 atom stereocenters. The molecule has 0 aliphatic rings. The predicted molar refractivity (Wildman–Crippen MR) is 56.6 cm³/mol. The van der Waals surface area contributed by atoms with Crippen molar-refractivity contribution < 1.29 is 9.52 Å². The Balaban J connectivity index is 2.06. The summed E-state index contributed by atoms with van der Waals surface area (Å²) in [6, 6.07) is 3.58. The molecule has 0 fully saturated rings. The minimum absolute atomic E-state index is 0.145. The molecule has 2 N–H and O–H groups in total. The van der Waals surface area contributed by atoms with Crippen LogP contribution in [-0.2, 0) is 6.54 Å². The topological polar surface area (TPSA) is 78.6 Å². The molecule has 0 unspecified atom stereocenters. The number of furan rings is 1. The second-order valence-electron chi connectivity index (χ2n) is 2.78. The fraction of sp³-hybridized carbons (Fsp3) is 0.111. The van der Waals surface area contributed by atoms with Crippen LogP contribution in [0.4, 0.5) is 0 Å². The van der Waals surface area contributed by atoms with Gasteiger partial charge in [-0.15, -0.1) is 0 Å². The zero-order valence-corrected chi connectivity index (χ0v) is 8.45. The number of nitrogens with one attached hydrogen (secondary N) is 1. The molecule has 2 rings (SSSR count). The first-order valence-corrected chi connectivity index (χ1v) is 5.01. The van der Waals surface area contributed by atoms with Crippen molar-refractivity contribution >= 4 is 17.6 Å². The Morgan fingerprint density at radius 3 is 3.13 bits per heavy atom. The third-order valence-corrected chi connectivity index (χ3v) is 2.50. The summed E-state index contributed by atoms with van der Waals surface area (Å²) in [5.74, 6) is 0.585. The molecule has 0 bridgehead atoms. The molecular weight excluding hydrogens is 216 g/mol. The van der Waals surface area contributed by atoms with E-state index in [-0.39, 0.29) is 10.8 Å². The normalized spacial score (nSPS) is 11.2. The van der Waals surface area contributed by atoms with Gasteiger partial charge in [0, 0.05) is 6.21 Å². The minimum Gasteiger partial charge on any atom is -0.493 e. The van der Waals surface area contributed by atoms with E-state index < -0.39 is 0 Å². The zero-order valence-electron chi connectivity index (χ0n) is 7.64. The molecule has 0 saturated carbocycles. The molecule has 5 nitrogen and oxygen atoms in total. The highest BCUT2D eigenvalue weighted by Crippen LogP contribution is 2.12. The van der Waals surface area contributed by atoms with Crippen LogP contribution >= 0.6 is 11.3 Å². The van der Waals surface area contributed by atoms with Crippen LogP contribution in [0, 0.1) is 0 Å². The van der Waals surface area contributed by atoms with Crippen molar-refractivity contribution in [3.05, 3.63) is 38.7 Å². The molecule has 15 heavy (non-hydrogen) atoms. The number of hydrogen-bond acceptors (Lipinski definition) is 5. The van der Waals surface area contributed by atoms with Crippen molar-refractivity contribution in [2.75, 3.05) is 0 Å². The van der Waals surface area contributed by atoms with E-state index >= 15 is 0 Å². The van der Waals surface area contributed by atoms with Crippen LogP contribution in [0.5, 0.6) is 5.88 Å². The van der Waals surface area contributed by atoms with E-state index in [2.05, 4.69) is 9.98 Å². The molecule has 0 saturated heterocycles. The Hall–Kier alpha value is -1.82. The van der Waals surface area contributed by atoms with Gasteiger partial charge in [0.05, 0.1) is 12.8 Å². The smallest absolute Gasteiger partial charge is 0.307 e. The molecule has 2 aromatic rings. The highest BCUT2D eigenvalue weighted by Gasteiger charge is 2.02. The summed E-state index contributed by atoms with van der Waals surface area (Å²) in [5, 5.41) is 9.23. The number of H-pyrrole nitrogens is 1. The number of hydrogen-bond donors (Lipinski definition) is 2. The highest BCUT2D eigenvalue weighted by molar-refractivity contribution is 7.11. The summed E-state index contributed by atoms with van der Waals surface area (Å²) in [5.41, 5.74) is 0. The molecule has 0 aromatic carbocycles.